The summed E-state index contributed by atoms with van der Waals surface area (Å²) in [5.41, 5.74) is 0. The summed E-state index contributed by atoms with van der Waals surface area (Å²) < 4.78 is 10.3. The van der Waals surface area contributed by atoms with Gasteiger partial charge < -0.3 is 19.7 Å². The predicted octanol–water partition coefficient (Wildman–Crippen LogP) is 1.75. The highest BCUT2D eigenvalue weighted by atomic mass is 16.5. The van der Waals surface area contributed by atoms with Crippen molar-refractivity contribution in [3.05, 3.63) is 0 Å². The lowest BCUT2D eigenvalue weighted by Gasteiger charge is -2.21. The number of ether oxygens (including phenoxy) is 2. The Hall–Kier alpha value is -0.160. The van der Waals surface area contributed by atoms with Crippen LogP contribution in [0.4, 0.5) is 0 Å². The second-order valence-corrected chi connectivity index (χ2v) is 5.00. The van der Waals surface area contributed by atoms with Crippen molar-refractivity contribution in [1.29, 1.82) is 0 Å². The molecule has 0 atom stereocenters. The Bertz CT molecular complexity index is 166. The van der Waals surface area contributed by atoms with Crippen LogP contribution in [-0.4, -0.2) is 64.6 Å². The smallest absolute Gasteiger partial charge is 0.0589 e. The quantitative estimate of drug-likeness (QED) is 0.512. The standard InChI is InChI=1S/C14H32N2O2/c1-14(2)15-8-5-6-9-16(11-13-18-4)10-7-12-17-3/h14-15H,5-13H2,1-4H3. The normalized spacial score (nSPS) is 11.7. The van der Waals surface area contributed by atoms with Crippen LogP contribution in [0.3, 0.4) is 0 Å². The van der Waals surface area contributed by atoms with Gasteiger partial charge in [-0.3, -0.25) is 0 Å². The van der Waals surface area contributed by atoms with Gasteiger partial charge in [0.1, 0.15) is 0 Å². The number of methoxy groups -OCH3 is 2. The third kappa shape index (κ3) is 12.3. The zero-order valence-electron chi connectivity index (χ0n) is 12.7. The molecule has 1 N–H and O–H groups in total. The van der Waals surface area contributed by atoms with Gasteiger partial charge in [-0.15, -0.1) is 0 Å². The molecule has 0 radical (unpaired) electrons. The molecule has 0 aromatic heterocycles. The lowest BCUT2D eigenvalue weighted by atomic mass is 10.2. The maximum atomic E-state index is 5.15. The lowest BCUT2D eigenvalue weighted by molar-refractivity contribution is 0.131. The Morgan fingerprint density at radius 3 is 2.17 bits per heavy atom. The summed E-state index contributed by atoms with van der Waals surface area (Å²) in [7, 11) is 3.52. The highest BCUT2D eigenvalue weighted by Crippen LogP contribution is 1.98. The van der Waals surface area contributed by atoms with Crippen LogP contribution in [-0.2, 0) is 9.47 Å². The molecule has 4 nitrogen and oxygen atoms in total. The van der Waals surface area contributed by atoms with Crippen molar-refractivity contribution in [3.8, 4) is 0 Å². The molecule has 0 bridgehead atoms. The number of nitrogens with zero attached hydrogens (tertiary/aromatic N) is 1. The molecular formula is C14H32N2O2. The molecule has 0 aliphatic heterocycles. The number of nitrogens with one attached hydrogen (secondary N) is 1. The fourth-order valence-electron chi connectivity index (χ4n) is 1.84. The third-order valence-corrected chi connectivity index (χ3v) is 2.89. The SMILES string of the molecule is COCCCN(CCCCNC(C)C)CCOC. The van der Waals surface area contributed by atoms with Gasteiger partial charge >= 0.3 is 0 Å². The summed E-state index contributed by atoms with van der Waals surface area (Å²) in [6.07, 6.45) is 3.59. The van der Waals surface area contributed by atoms with Crippen molar-refractivity contribution in [3.63, 3.8) is 0 Å². The van der Waals surface area contributed by atoms with E-state index in [1.165, 1.54) is 12.8 Å². The van der Waals surface area contributed by atoms with Gasteiger partial charge in [0.25, 0.3) is 0 Å². The first kappa shape index (κ1) is 17.8. The van der Waals surface area contributed by atoms with Crippen LogP contribution in [0.1, 0.15) is 33.1 Å². The van der Waals surface area contributed by atoms with E-state index in [1.54, 1.807) is 14.2 Å². The summed E-state index contributed by atoms with van der Waals surface area (Å²) in [4.78, 5) is 2.47. The summed E-state index contributed by atoms with van der Waals surface area (Å²) >= 11 is 0. The van der Waals surface area contributed by atoms with Crippen molar-refractivity contribution < 1.29 is 9.47 Å². The van der Waals surface area contributed by atoms with E-state index < -0.39 is 0 Å². The van der Waals surface area contributed by atoms with Crippen molar-refractivity contribution in [2.24, 2.45) is 0 Å². The van der Waals surface area contributed by atoms with Gasteiger partial charge in [-0.25, -0.2) is 0 Å². The van der Waals surface area contributed by atoms with Crippen molar-refractivity contribution in [1.82, 2.24) is 10.2 Å². The number of hydrogen-bond donors (Lipinski definition) is 1. The van der Waals surface area contributed by atoms with Crippen molar-refractivity contribution in [2.45, 2.75) is 39.2 Å². The van der Waals surface area contributed by atoms with Crippen LogP contribution in [0.2, 0.25) is 0 Å². The first-order valence-electron chi connectivity index (χ1n) is 7.14. The van der Waals surface area contributed by atoms with Gasteiger partial charge in [-0.05, 0) is 32.4 Å². The topological polar surface area (TPSA) is 33.7 Å². The summed E-state index contributed by atoms with van der Waals surface area (Å²) in [5, 5.41) is 3.45. The zero-order valence-corrected chi connectivity index (χ0v) is 12.7. The van der Waals surface area contributed by atoms with E-state index >= 15 is 0 Å². The molecule has 0 heterocycles. The number of hydrogen-bond acceptors (Lipinski definition) is 4. The molecule has 0 saturated heterocycles. The van der Waals surface area contributed by atoms with Crippen molar-refractivity contribution >= 4 is 0 Å². The molecule has 0 aromatic rings. The van der Waals surface area contributed by atoms with E-state index in [1.807, 2.05) is 0 Å². The Morgan fingerprint density at radius 2 is 1.56 bits per heavy atom. The molecule has 0 spiro atoms. The second-order valence-electron chi connectivity index (χ2n) is 5.00. The van der Waals surface area contributed by atoms with Gasteiger partial charge in [0.15, 0.2) is 0 Å². The molecule has 0 unspecified atom stereocenters. The summed E-state index contributed by atoms with van der Waals surface area (Å²) in [6, 6.07) is 0.594. The molecule has 18 heavy (non-hydrogen) atoms. The fourth-order valence-corrected chi connectivity index (χ4v) is 1.84. The zero-order chi connectivity index (χ0) is 13.6. The monoisotopic (exact) mass is 260 g/mol. The number of rotatable bonds is 13. The summed E-state index contributed by atoms with van der Waals surface area (Å²) in [6.45, 7) is 10.5. The first-order valence-corrected chi connectivity index (χ1v) is 7.14. The minimum Gasteiger partial charge on any atom is -0.385 e. The third-order valence-electron chi connectivity index (χ3n) is 2.89. The van der Waals surface area contributed by atoms with Gasteiger partial charge in [-0.2, -0.15) is 0 Å². The molecule has 0 fully saturated rings. The Kier molecular flexibility index (Phi) is 13.2. The van der Waals surface area contributed by atoms with Crippen LogP contribution < -0.4 is 5.32 Å². The van der Waals surface area contributed by atoms with E-state index in [2.05, 4.69) is 24.1 Å². The molecule has 0 saturated carbocycles. The average molecular weight is 260 g/mol. The minimum absolute atomic E-state index is 0.594. The lowest BCUT2D eigenvalue weighted by Crippen LogP contribution is -2.31. The van der Waals surface area contributed by atoms with E-state index in [0.717, 1.165) is 45.8 Å². The van der Waals surface area contributed by atoms with E-state index in [9.17, 15) is 0 Å². The van der Waals surface area contributed by atoms with E-state index in [-0.39, 0.29) is 0 Å². The Morgan fingerprint density at radius 1 is 0.889 bits per heavy atom. The maximum Gasteiger partial charge on any atom is 0.0589 e. The first-order chi connectivity index (χ1) is 8.70. The molecule has 0 amide bonds. The fraction of sp³-hybridized carbons (Fsp3) is 1.00. The van der Waals surface area contributed by atoms with Gasteiger partial charge in [0, 0.05) is 40.0 Å². The van der Waals surface area contributed by atoms with Gasteiger partial charge in [0.2, 0.25) is 0 Å². The average Bonchev–Trinajstić information content (AvgIpc) is 2.34. The largest absolute Gasteiger partial charge is 0.385 e. The molecular weight excluding hydrogens is 228 g/mol. The van der Waals surface area contributed by atoms with E-state index in [4.69, 9.17) is 9.47 Å². The van der Waals surface area contributed by atoms with E-state index in [0.29, 0.717) is 6.04 Å². The molecule has 0 rings (SSSR count). The van der Waals surface area contributed by atoms with Crippen molar-refractivity contribution in [2.75, 3.05) is 53.6 Å². The molecule has 110 valence electrons. The predicted molar refractivity (Wildman–Crippen MR) is 77.2 cm³/mol. The number of unbranched alkanes of at least 4 members (excludes halogenated alkanes) is 1. The molecule has 0 aliphatic carbocycles. The second kappa shape index (κ2) is 13.3. The van der Waals surface area contributed by atoms with Crippen LogP contribution in [0, 0.1) is 0 Å². The van der Waals surface area contributed by atoms with Crippen LogP contribution in [0.25, 0.3) is 0 Å². The Balaban J connectivity index is 3.58. The minimum atomic E-state index is 0.594. The van der Waals surface area contributed by atoms with Gasteiger partial charge in [0.05, 0.1) is 6.61 Å². The Labute approximate surface area is 113 Å². The maximum absolute atomic E-state index is 5.15. The molecule has 0 aromatic carbocycles. The van der Waals surface area contributed by atoms with Crippen LogP contribution in [0.5, 0.6) is 0 Å². The highest BCUT2D eigenvalue weighted by molar-refractivity contribution is 4.60. The van der Waals surface area contributed by atoms with Crippen LogP contribution >= 0.6 is 0 Å². The highest BCUT2D eigenvalue weighted by Gasteiger charge is 2.04. The molecule has 4 heteroatoms. The molecule has 0 aliphatic rings. The summed E-state index contributed by atoms with van der Waals surface area (Å²) in [5.74, 6) is 0. The van der Waals surface area contributed by atoms with Crippen LogP contribution in [0.15, 0.2) is 0 Å². The van der Waals surface area contributed by atoms with Gasteiger partial charge in [-0.1, -0.05) is 13.8 Å².